The molecule has 4 rings (SSSR count). The van der Waals surface area contributed by atoms with E-state index in [1.54, 1.807) is 35.2 Å². The van der Waals surface area contributed by atoms with Gasteiger partial charge >= 0.3 is 0 Å². The zero-order valence-corrected chi connectivity index (χ0v) is 14.2. The van der Waals surface area contributed by atoms with Gasteiger partial charge in [0.25, 0.3) is 0 Å². The molecule has 0 fully saturated rings. The Morgan fingerprint density at radius 1 is 1.25 bits per heavy atom. The first kappa shape index (κ1) is 14.7. The predicted molar refractivity (Wildman–Crippen MR) is 94.6 cm³/mol. The van der Waals surface area contributed by atoms with Gasteiger partial charge in [-0.3, -0.25) is 8.32 Å². The van der Waals surface area contributed by atoms with Crippen molar-refractivity contribution in [1.29, 1.82) is 0 Å². The topological polar surface area (TPSA) is 115 Å². The number of carbonyl (C=O) groups excluding carboxylic acids is 1. The zero-order chi connectivity index (χ0) is 16.5. The van der Waals surface area contributed by atoms with Crippen molar-refractivity contribution < 1.29 is 4.79 Å². The number of anilines is 2. The molecule has 24 heavy (non-hydrogen) atoms. The number of hydrogen-bond acceptors (Lipinski definition) is 7. The fourth-order valence-electron chi connectivity index (χ4n) is 2.26. The van der Waals surface area contributed by atoms with Crippen molar-refractivity contribution in [2.24, 2.45) is 0 Å². The summed E-state index contributed by atoms with van der Waals surface area (Å²) in [5.74, 6) is 0.244. The molecule has 0 radical (unpaired) electrons. The number of rotatable bonds is 4. The van der Waals surface area contributed by atoms with Crippen molar-refractivity contribution >= 4 is 57.1 Å². The molecule has 2 N–H and O–H groups in total. The van der Waals surface area contributed by atoms with Crippen molar-refractivity contribution in [2.75, 3.05) is 8.85 Å². The fourth-order valence-corrected chi connectivity index (χ4v) is 2.52. The van der Waals surface area contributed by atoms with Gasteiger partial charge in [-0.05, 0) is 6.07 Å². The molecule has 4 aromatic heterocycles. The molecule has 0 saturated carbocycles. The van der Waals surface area contributed by atoms with E-state index in [0.717, 1.165) is 5.39 Å². The highest BCUT2D eigenvalue weighted by atomic mass is 127. The van der Waals surface area contributed by atoms with Gasteiger partial charge in [-0.25, -0.2) is 19.2 Å². The molecule has 0 aromatic carbocycles. The highest BCUT2D eigenvalue weighted by molar-refractivity contribution is 14.1. The molecule has 10 nitrogen and oxygen atoms in total. The molecule has 11 heteroatoms. The lowest BCUT2D eigenvalue weighted by Crippen LogP contribution is -2.19. The second-order valence-corrected chi connectivity index (χ2v) is 5.44. The van der Waals surface area contributed by atoms with Crippen LogP contribution in [0.4, 0.5) is 11.6 Å². The summed E-state index contributed by atoms with van der Waals surface area (Å²) in [5, 5.41) is 11.8. The molecule has 0 bridgehead atoms. The van der Waals surface area contributed by atoms with Gasteiger partial charge < -0.3 is 5.32 Å². The van der Waals surface area contributed by atoms with Crippen molar-refractivity contribution in [1.82, 2.24) is 34.3 Å². The summed E-state index contributed by atoms with van der Waals surface area (Å²) in [5.41, 5.74) is 1.89. The largest absolute Gasteiger partial charge is 0.324 e. The fraction of sp³-hybridized carbons (Fsp3) is 0.0769. The third kappa shape index (κ3) is 2.73. The summed E-state index contributed by atoms with van der Waals surface area (Å²) in [6.07, 6.45) is 6.47. The van der Waals surface area contributed by atoms with Gasteiger partial charge in [-0.15, -0.1) is 0 Å². The molecule has 120 valence electrons. The Morgan fingerprint density at radius 2 is 2.17 bits per heavy atom. The van der Waals surface area contributed by atoms with Gasteiger partial charge in [0.1, 0.15) is 12.9 Å². The quantitative estimate of drug-likeness (QED) is 0.367. The summed E-state index contributed by atoms with van der Waals surface area (Å²) < 4.78 is 5.98. The van der Waals surface area contributed by atoms with Gasteiger partial charge in [0, 0.05) is 24.1 Å². The lowest BCUT2D eigenvalue weighted by atomic mass is 10.4. The van der Waals surface area contributed by atoms with Gasteiger partial charge in [-0.2, -0.15) is 15.2 Å². The monoisotopic (exact) mass is 435 g/mol. The van der Waals surface area contributed by atoms with Crippen molar-refractivity contribution in [3.05, 3.63) is 37.1 Å². The van der Waals surface area contributed by atoms with E-state index in [1.165, 1.54) is 11.0 Å². The third-order valence-corrected chi connectivity index (χ3v) is 3.80. The average molecular weight is 435 g/mol. The maximum absolute atomic E-state index is 12.3. The smallest absolute Gasteiger partial charge is 0.246 e. The number of amides is 1. The SMILES string of the molecule is O=C(Cn1ncc2cnc(NI)nc21)Nc1ccn2ncnc2c1. The van der Waals surface area contributed by atoms with Crippen LogP contribution in [-0.4, -0.2) is 40.3 Å². The Bertz CT molecular complexity index is 1040. The van der Waals surface area contributed by atoms with Crippen LogP contribution in [0.5, 0.6) is 0 Å². The minimum Gasteiger partial charge on any atom is -0.324 e. The normalized spacial score (nSPS) is 11.0. The predicted octanol–water partition coefficient (Wildman–Crippen LogP) is 1.27. The standard InChI is InChI=1S/C13H10IN9O/c14-21-13-15-4-8-5-17-23(12(8)20-13)6-11(24)19-9-1-2-22-10(3-9)16-7-18-22/h1-5,7H,6H2,(H,19,24)(H,15,20,21). The molecule has 0 spiro atoms. The van der Waals surface area contributed by atoms with Crippen molar-refractivity contribution in [3.8, 4) is 0 Å². The van der Waals surface area contributed by atoms with Crippen LogP contribution in [0.1, 0.15) is 0 Å². The Hall–Kier alpha value is -2.83. The molecular formula is C13H10IN9O. The molecule has 4 heterocycles. The Kier molecular flexibility index (Phi) is 3.68. The van der Waals surface area contributed by atoms with Crippen LogP contribution in [0.25, 0.3) is 16.7 Å². The van der Waals surface area contributed by atoms with Crippen LogP contribution in [0, 0.1) is 0 Å². The summed E-state index contributed by atoms with van der Waals surface area (Å²) in [4.78, 5) is 24.8. The minimum absolute atomic E-state index is 0.0407. The van der Waals surface area contributed by atoms with E-state index < -0.39 is 0 Å². The van der Waals surface area contributed by atoms with Gasteiger partial charge in [0.2, 0.25) is 11.9 Å². The van der Waals surface area contributed by atoms with E-state index in [9.17, 15) is 4.79 Å². The summed E-state index contributed by atoms with van der Waals surface area (Å²) in [7, 11) is 0. The van der Waals surface area contributed by atoms with Crippen LogP contribution in [-0.2, 0) is 11.3 Å². The highest BCUT2D eigenvalue weighted by Crippen LogP contribution is 2.14. The first-order valence-corrected chi connectivity index (χ1v) is 7.95. The Morgan fingerprint density at radius 3 is 3.04 bits per heavy atom. The molecule has 0 atom stereocenters. The molecular weight excluding hydrogens is 425 g/mol. The lowest BCUT2D eigenvalue weighted by molar-refractivity contribution is -0.116. The first-order chi connectivity index (χ1) is 11.7. The van der Waals surface area contributed by atoms with Crippen LogP contribution in [0.15, 0.2) is 37.1 Å². The minimum atomic E-state index is -0.216. The molecule has 0 aliphatic carbocycles. The number of hydrogen-bond donors (Lipinski definition) is 2. The Labute approximate surface area is 148 Å². The van der Waals surface area contributed by atoms with E-state index in [4.69, 9.17) is 0 Å². The maximum Gasteiger partial charge on any atom is 0.246 e. The number of pyridine rings is 1. The second kappa shape index (κ2) is 5.99. The highest BCUT2D eigenvalue weighted by Gasteiger charge is 2.11. The number of fused-ring (bicyclic) bond motifs is 2. The van der Waals surface area contributed by atoms with Crippen molar-refractivity contribution in [3.63, 3.8) is 0 Å². The zero-order valence-electron chi connectivity index (χ0n) is 12.1. The van der Waals surface area contributed by atoms with Crippen molar-refractivity contribution in [2.45, 2.75) is 6.54 Å². The molecule has 0 saturated heterocycles. The van der Waals surface area contributed by atoms with Gasteiger partial charge in [-0.1, -0.05) is 0 Å². The number of nitrogens with one attached hydrogen (secondary N) is 2. The van der Waals surface area contributed by atoms with Gasteiger partial charge in [0.05, 0.1) is 34.4 Å². The van der Waals surface area contributed by atoms with E-state index in [1.807, 2.05) is 22.9 Å². The number of aromatic nitrogens is 7. The van der Waals surface area contributed by atoms with E-state index in [2.05, 4.69) is 34.0 Å². The van der Waals surface area contributed by atoms with Crippen LogP contribution in [0.3, 0.4) is 0 Å². The van der Waals surface area contributed by atoms with Crippen LogP contribution in [0.2, 0.25) is 0 Å². The van der Waals surface area contributed by atoms with Gasteiger partial charge in [0.15, 0.2) is 11.3 Å². The summed E-state index contributed by atoms with van der Waals surface area (Å²) in [6, 6.07) is 3.49. The maximum atomic E-state index is 12.3. The van der Waals surface area contributed by atoms with Crippen LogP contribution >= 0.6 is 22.9 Å². The average Bonchev–Trinajstić information content (AvgIpc) is 3.21. The molecule has 0 unspecified atom stereocenters. The molecule has 4 aromatic rings. The molecule has 0 aliphatic heterocycles. The third-order valence-electron chi connectivity index (χ3n) is 3.32. The summed E-state index contributed by atoms with van der Waals surface area (Å²) in [6.45, 7) is 0.0407. The first-order valence-electron chi connectivity index (χ1n) is 6.87. The Balaban J connectivity index is 1.55. The van der Waals surface area contributed by atoms with E-state index in [0.29, 0.717) is 22.9 Å². The second-order valence-electron chi connectivity index (χ2n) is 4.90. The lowest BCUT2D eigenvalue weighted by Gasteiger charge is -2.06. The van der Waals surface area contributed by atoms with Crippen LogP contribution < -0.4 is 8.85 Å². The van der Waals surface area contributed by atoms with E-state index in [-0.39, 0.29) is 12.5 Å². The number of nitrogens with zero attached hydrogens (tertiary/aromatic N) is 7. The van der Waals surface area contributed by atoms with E-state index >= 15 is 0 Å². The molecule has 1 amide bonds. The summed E-state index contributed by atoms with van der Waals surface area (Å²) >= 11 is 1.95. The molecule has 0 aliphatic rings. The number of carbonyl (C=O) groups is 1. The number of halogens is 1.